The Labute approximate surface area is 176 Å². The third kappa shape index (κ3) is 6.21. The fourth-order valence-corrected chi connectivity index (χ4v) is 4.31. The van der Waals surface area contributed by atoms with Crippen LogP contribution in [0.5, 0.6) is 5.75 Å². The minimum absolute atomic E-state index is 0.00331. The van der Waals surface area contributed by atoms with Crippen molar-refractivity contribution >= 4 is 29.5 Å². The van der Waals surface area contributed by atoms with Crippen LogP contribution < -0.4 is 4.74 Å². The van der Waals surface area contributed by atoms with Gasteiger partial charge >= 0.3 is 5.97 Å². The monoisotopic (exact) mass is 416 g/mol. The number of carbonyl (C=O) groups excluding carboxylic acids is 1. The maximum atomic E-state index is 12.4. The summed E-state index contributed by atoms with van der Waals surface area (Å²) in [5.74, 6) is 2.09. The summed E-state index contributed by atoms with van der Waals surface area (Å²) < 4.78 is 11.6. The summed E-state index contributed by atoms with van der Waals surface area (Å²) in [7, 11) is 0. The molecule has 0 amide bonds. The fourth-order valence-electron chi connectivity index (χ4n) is 3.47. The van der Waals surface area contributed by atoms with Gasteiger partial charge in [-0.1, -0.05) is 12.2 Å². The van der Waals surface area contributed by atoms with Crippen molar-refractivity contribution in [2.75, 3.05) is 19.1 Å². The standard InChI is InChI=1S/C23H28O3S2/c1-27-21-5-3-4-19(10-13-21)25-16-17-6-8-18(9-7-17)23(24)26-20-11-14-22(28-2)15-12-20/h3,5,10-15,17-18H,4,6-9,16H2,1-2H3. The molecule has 0 bridgehead atoms. The van der Waals surface area contributed by atoms with E-state index in [1.807, 2.05) is 30.5 Å². The molecule has 0 radical (unpaired) electrons. The van der Waals surface area contributed by atoms with E-state index < -0.39 is 0 Å². The van der Waals surface area contributed by atoms with Crippen LogP contribution in [0, 0.1) is 11.8 Å². The minimum Gasteiger partial charge on any atom is -0.497 e. The maximum absolute atomic E-state index is 12.4. The van der Waals surface area contributed by atoms with E-state index in [2.05, 4.69) is 30.6 Å². The second-order valence-electron chi connectivity index (χ2n) is 7.14. The first-order valence-electron chi connectivity index (χ1n) is 9.78. The Bertz CT molecular complexity index is 742. The van der Waals surface area contributed by atoms with E-state index in [0.717, 1.165) is 44.5 Å². The van der Waals surface area contributed by atoms with Gasteiger partial charge in [-0.05, 0) is 80.5 Å². The zero-order valence-electron chi connectivity index (χ0n) is 16.6. The summed E-state index contributed by atoms with van der Waals surface area (Å²) in [6.45, 7) is 0.736. The van der Waals surface area contributed by atoms with Crippen LogP contribution >= 0.6 is 23.5 Å². The van der Waals surface area contributed by atoms with Crippen LogP contribution in [0.3, 0.4) is 0 Å². The summed E-state index contributed by atoms with van der Waals surface area (Å²) in [5, 5.41) is 0. The van der Waals surface area contributed by atoms with Crippen LogP contribution in [0.15, 0.2) is 64.1 Å². The van der Waals surface area contributed by atoms with E-state index in [-0.39, 0.29) is 11.9 Å². The van der Waals surface area contributed by atoms with Crippen LogP contribution in [0.2, 0.25) is 0 Å². The molecule has 0 aromatic heterocycles. The number of rotatable bonds is 7. The van der Waals surface area contributed by atoms with Gasteiger partial charge in [-0.3, -0.25) is 4.79 Å². The van der Waals surface area contributed by atoms with Crippen molar-refractivity contribution in [1.82, 2.24) is 0 Å². The SMILES string of the molecule is CSC1=CC=C(OCC2CCC(C(=O)Oc3ccc(SC)cc3)CC2)CC=C1. The molecule has 0 atom stereocenters. The highest BCUT2D eigenvalue weighted by Gasteiger charge is 2.28. The van der Waals surface area contributed by atoms with Gasteiger partial charge in [-0.2, -0.15) is 0 Å². The molecule has 0 N–H and O–H groups in total. The molecule has 28 heavy (non-hydrogen) atoms. The molecule has 150 valence electrons. The number of thioether (sulfide) groups is 2. The van der Waals surface area contributed by atoms with Crippen molar-refractivity contribution in [3.63, 3.8) is 0 Å². The Kier molecular flexibility index (Phi) is 8.16. The topological polar surface area (TPSA) is 35.5 Å². The Morgan fingerprint density at radius 2 is 1.79 bits per heavy atom. The van der Waals surface area contributed by atoms with E-state index >= 15 is 0 Å². The van der Waals surface area contributed by atoms with Gasteiger partial charge in [-0.15, -0.1) is 23.5 Å². The van der Waals surface area contributed by atoms with E-state index in [0.29, 0.717) is 11.7 Å². The second kappa shape index (κ2) is 10.8. The van der Waals surface area contributed by atoms with Gasteiger partial charge in [0.1, 0.15) is 5.75 Å². The lowest BCUT2D eigenvalue weighted by atomic mass is 9.82. The molecule has 1 aromatic carbocycles. The van der Waals surface area contributed by atoms with Crippen LogP contribution in [-0.4, -0.2) is 25.1 Å². The smallest absolute Gasteiger partial charge is 0.314 e. The van der Waals surface area contributed by atoms with E-state index in [1.165, 1.54) is 9.80 Å². The lowest BCUT2D eigenvalue weighted by Crippen LogP contribution is -2.27. The fraction of sp³-hybridized carbons (Fsp3) is 0.435. The van der Waals surface area contributed by atoms with Gasteiger partial charge in [0.25, 0.3) is 0 Å². The van der Waals surface area contributed by atoms with Gasteiger partial charge in [-0.25, -0.2) is 0 Å². The Balaban J connectivity index is 1.41. The number of hydrogen-bond acceptors (Lipinski definition) is 5. The summed E-state index contributed by atoms with van der Waals surface area (Å²) in [5.41, 5.74) is 0. The number of carbonyl (C=O) groups is 1. The summed E-state index contributed by atoms with van der Waals surface area (Å²) in [6, 6.07) is 7.70. The average Bonchev–Trinajstić information content (AvgIpc) is 2.98. The first kappa shape index (κ1) is 21.1. The molecule has 5 heteroatoms. The van der Waals surface area contributed by atoms with Gasteiger partial charge in [0.05, 0.1) is 18.3 Å². The molecule has 3 nitrogen and oxygen atoms in total. The molecule has 0 spiro atoms. The lowest BCUT2D eigenvalue weighted by Gasteiger charge is -2.27. The van der Waals surface area contributed by atoms with Gasteiger partial charge in [0, 0.05) is 16.2 Å². The summed E-state index contributed by atoms with van der Waals surface area (Å²) in [4.78, 5) is 14.9. The predicted octanol–water partition coefficient (Wildman–Crippen LogP) is 6.23. The molecule has 0 heterocycles. The molecule has 0 aliphatic heterocycles. The molecule has 3 rings (SSSR count). The zero-order valence-corrected chi connectivity index (χ0v) is 18.2. The summed E-state index contributed by atoms with van der Waals surface area (Å²) >= 11 is 3.42. The third-order valence-corrected chi connectivity index (χ3v) is 6.72. The van der Waals surface area contributed by atoms with Crippen molar-refractivity contribution in [2.45, 2.75) is 37.0 Å². The molecule has 1 saturated carbocycles. The lowest BCUT2D eigenvalue weighted by molar-refractivity contribution is -0.140. The quantitative estimate of drug-likeness (QED) is 0.299. The Hall–Kier alpha value is -1.59. The van der Waals surface area contributed by atoms with Crippen molar-refractivity contribution in [1.29, 1.82) is 0 Å². The van der Waals surface area contributed by atoms with Crippen molar-refractivity contribution in [2.24, 2.45) is 11.8 Å². The normalized spacial score (nSPS) is 22.1. The highest BCUT2D eigenvalue weighted by atomic mass is 32.2. The zero-order chi connectivity index (χ0) is 19.8. The van der Waals surface area contributed by atoms with Crippen molar-refractivity contribution < 1.29 is 14.3 Å². The molecule has 2 aliphatic rings. The maximum Gasteiger partial charge on any atom is 0.314 e. The molecule has 1 fully saturated rings. The van der Waals surface area contributed by atoms with Crippen LogP contribution in [0.1, 0.15) is 32.1 Å². The number of ether oxygens (including phenoxy) is 2. The van der Waals surface area contributed by atoms with Crippen LogP contribution in [-0.2, 0) is 9.53 Å². The summed E-state index contributed by atoms with van der Waals surface area (Å²) in [6.07, 6.45) is 17.2. The largest absolute Gasteiger partial charge is 0.497 e. The third-order valence-electron chi connectivity index (χ3n) is 5.23. The molecule has 2 aliphatic carbocycles. The predicted molar refractivity (Wildman–Crippen MR) is 119 cm³/mol. The van der Waals surface area contributed by atoms with Gasteiger partial charge in [0.2, 0.25) is 0 Å². The van der Waals surface area contributed by atoms with E-state index in [4.69, 9.17) is 9.47 Å². The minimum atomic E-state index is -0.0948. The molecule has 0 unspecified atom stereocenters. The first-order valence-corrected chi connectivity index (χ1v) is 12.2. The molecule has 1 aromatic rings. The molecular weight excluding hydrogens is 388 g/mol. The number of benzene rings is 1. The first-order chi connectivity index (χ1) is 13.7. The Morgan fingerprint density at radius 3 is 2.46 bits per heavy atom. The molecule has 0 saturated heterocycles. The van der Waals surface area contributed by atoms with Gasteiger partial charge < -0.3 is 9.47 Å². The number of hydrogen-bond donors (Lipinski definition) is 0. The average molecular weight is 417 g/mol. The number of esters is 1. The van der Waals surface area contributed by atoms with Crippen LogP contribution in [0.4, 0.5) is 0 Å². The van der Waals surface area contributed by atoms with Crippen molar-refractivity contribution in [3.8, 4) is 5.75 Å². The highest BCUT2D eigenvalue weighted by molar-refractivity contribution is 8.02. The van der Waals surface area contributed by atoms with E-state index in [9.17, 15) is 4.79 Å². The highest BCUT2D eigenvalue weighted by Crippen LogP contribution is 2.31. The van der Waals surface area contributed by atoms with Crippen LogP contribution in [0.25, 0.3) is 0 Å². The number of allylic oxidation sites excluding steroid dienone is 4. The van der Waals surface area contributed by atoms with E-state index in [1.54, 1.807) is 23.5 Å². The molecular formula is C23H28O3S2. The second-order valence-corrected chi connectivity index (χ2v) is 8.90. The van der Waals surface area contributed by atoms with Crippen molar-refractivity contribution in [3.05, 3.63) is 59.2 Å². The Morgan fingerprint density at radius 1 is 1.04 bits per heavy atom. The van der Waals surface area contributed by atoms with Gasteiger partial charge in [0.15, 0.2) is 0 Å².